The Morgan fingerprint density at radius 2 is 1.50 bits per heavy atom. The first-order valence-electron chi connectivity index (χ1n) is 11.2. The molecule has 0 radical (unpaired) electrons. The second kappa shape index (κ2) is 12.9. The van der Waals surface area contributed by atoms with Crippen molar-refractivity contribution in [2.45, 2.75) is 57.4 Å². The molecule has 0 unspecified atom stereocenters. The molecule has 0 saturated carbocycles. The van der Waals surface area contributed by atoms with Crippen molar-refractivity contribution in [1.29, 1.82) is 0 Å². The number of hydrogen-bond acceptors (Lipinski definition) is 5. The lowest BCUT2D eigenvalue weighted by atomic mass is 10.00. The summed E-state index contributed by atoms with van der Waals surface area (Å²) in [6, 6.07) is 17.2. The molecular weight excluding hydrogens is 452 g/mol. The molecule has 182 valence electrons. The van der Waals surface area contributed by atoms with Gasteiger partial charge in [0.1, 0.15) is 6.04 Å². The molecular formula is C26H32N2O5S. The molecule has 2 aromatic carbocycles. The minimum Gasteiger partial charge on any atom is -0.480 e. The number of benzene rings is 2. The van der Waals surface area contributed by atoms with E-state index in [1.165, 1.54) is 6.92 Å². The highest BCUT2D eigenvalue weighted by Gasteiger charge is 2.44. The van der Waals surface area contributed by atoms with Crippen LogP contribution in [0.25, 0.3) is 0 Å². The summed E-state index contributed by atoms with van der Waals surface area (Å²) in [5.41, 5.74) is 1.72. The van der Waals surface area contributed by atoms with Crippen LogP contribution in [0.2, 0.25) is 0 Å². The molecule has 0 spiro atoms. The van der Waals surface area contributed by atoms with Crippen LogP contribution in [0.4, 0.5) is 0 Å². The molecule has 0 aliphatic carbocycles. The molecule has 2 aromatic rings. The normalized spacial score (nSPS) is 13.5. The predicted molar refractivity (Wildman–Crippen MR) is 133 cm³/mol. The van der Waals surface area contributed by atoms with Crippen LogP contribution in [0.15, 0.2) is 60.7 Å². The number of thioether (sulfide) groups is 1. The molecule has 0 aliphatic rings. The number of amides is 2. The van der Waals surface area contributed by atoms with Crippen LogP contribution in [-0.2, 0) is 32.0 Å². The van der Waals surface area contributed by atoms with E-state index in [0.29, 0.717) is 6.42 Å². The van der Waals surface area contributed by atoms with E-state index in [1.807, 2.05) is 50.2 Å². The number of nitrogens with one attached hydrogen (secondary N) is 2. The van der Waals surface area contributed by atoms with E-state index in [2.05, 4.69) is 10.6 Å². The molecule has 34 heavy (non-hydrogen) atoms. The first kappa shape index (κ1) is 27.1. The number of aryl methyl sites for hydroxylation is 1. The Morgan fingerprint density at radius 3 is 2.00 bits per heavy atom. The van der Waals surface area contributed by atoms with Gasteiger partial charge >= 0.3 is 5.97 Å². The molecule has 3 N–H and O–H groups in total. The van der Waals surface area contributed by atoms with Gasteiger partial charge in [0.25, 0.3) is 5.91 Å². The maximum atomic E-state index is 13.5. The second-order valence-electron chi connectivity index (χ2n) is 8.61. The molecule has 0 bridgehead atoms. The monoisotopic (exact) mass is 484 g/mol. The fourth-order valence-electron chi connectivity index (χ4n) is 3.65. The van der Waals surface area contributed by atoms with Crippen molar-refractivity contribution in [2.24, 2.45) is 5.92 Å². The fraction of sp³-hybridized carbons (Fsp3) is 0.385. The molecule has 2 rings (SSSR count). The van der Waals surface area contributed by atoms with Gasteiger partial charge in [0, 0.05) is 19.8 Å². The Labute approximate surface area is 204 Å². The average molecular weight is 485 g/mol. The number of carboxylic acid groups (broad SMARTS) is 1. The Morgan fingerprint density at radius 1 is 0.941 bits per heavy atom. The number of carbonyl (C=O) groups is 4. The van der Waals surface area contributed by atoms with Crippen molar-refractivity contribution in [3.05, 3.63) is 71.8 Å². The van der Waals surface area contributed by atoms with Gasteiger partial charge in [-0.25, -0.2) is 4.79 Å². The molecule has 0 aromatic heterocycles. The Bertz CT molecular complexity index is 981. The highest BCUT2D eigenvalue weighted by Crippen LogP contribution is 2.31. The number of carboxylic acids is 1. The van der Waals surface area contributed by atoms with E-state index in [1.54, 1.807) is 24.3 Å². The van der Waals surface area contributed by atoms with Crippen molar-refractivity contribution in [1.82, 2.24) is 10.6 Å². The third kappa shape index (κ3) is 8.67. The zero-order valence-electron chi connectivity index (χ0n) is 19.7. The van der Waals surface area contributed by atoms with Gasteiger partial charge in [-0.15, -0.1) is 0 Å². The van der Waals surface area contributed by atoms with E-state index >= 15 is 0 Å². The summed E-state index contributed by atoms with van der Waals surface area (Å²) >= 11 is 0.718. The van der Waals surface area contributed by atoms with Gasteiger partial charge in [-0.05, 0) is 29.9 Å². The van der Waals surface area contributed by atoms with Crippen molar-refractivity contribution in [3.8, 4) is 0 Å². The van der Waals surface area contributed by atoms with Crippen molar-refractivity contribution < 1.29 is 24.3 Å². The predicted octanol–water partition coefficient (Wildman–Crippen LogP) is 3.57. The molecule has 0 aliphatic heterocycles. The highest BCUT2D eigenvalue weighted by molar-refractivity contribution is 8.15. The summed E-state index contributed by atoms with van der Waals surface area (Å²) in [5, 5.41) is 14.7. The average Bonchev–Trinajstić information content (AvgIpc) is 2.77. The van der Waals surface area contributed by atoms with Crippen LogP contribution in [0, 0.1) is 5.92 Å². The van der Waals surface area contributed by atoms with Gasteiger partial charge in [0.05, 0.1) is 0 Å². The van der Waals surface area contributed by atoms with Crippen LogP contribution >= 0.6 is 11.8 Å². The first-order chi connectivity index (χ1) is 16.1. The van der Waals surface area contributed by atoms with E-state index in [9.17, 15) is 24.3 Å². The quantitative estimate of drug-likeness (QED) is 0.397. The van der Waals surface area contributed by atoms with E-state index in [4.69, 9.17) is 0 Å². The van der Waals surface area contributed by atoms with Crippen LogP contribution in [0.5, 0.6) is 0 Å². The Hall–Kier alpha value is -3.13. The number of carbonyl (C=O) groups excluding carboxylic acids is 3. The number of hydrogen-bond donors (Lipinski definition) is 3. The molecule has 2 atom stereocenters. The Kier molecular flexibility index (Phi) is 10.3. The maximum Gasteiger partial charge on any atom is 0.326 e. The standard InChI is InChI=1S/C26H32N2O5S/c1-18(2)17-26(34-19(3)29,28-23(30)15-14-20-10-6-4-7-11-20)25(33)27-22(24(31)32)16-21-12-8-5-9-13-21/h4-13,18,22H,14-17H2,1-3H3,(H,27,33)(H,28,30)(H,31,32)/t22-,26+/m0/s1. The van der Waals surface area contributed by atoms with Crippen molar-refractivity contribution in [2.75, 3.05) is 0 Å². The van der Waals surface area contributed by atoms with Gasteiger partial charge in [-0.3, -0.25) is 14.4 Å². The molecule has 0 heterocycles. The summed E-state index contributed by atoms with van der Waals surface area (Å²) < 4.78 is 0. The van der Waals surface area contributed by atoms with E-state index in [0.717, 1.165) is 22.9 Å². The minimum atomic E-state index is -1.61. The van der Waals surface area contributed by atoms with Crippen LogP contribution in [0.3, 0.4) is 0 Å². The van der Waals surface area contributed by atoms with Gasteiger partial charge in [0.2, 0.25) is 5.91 Å². The van der Waals surface area contributed by atoms with Gasteiger partial charge < -0.3 is 15.7 Å². The maximum absolute atomic E-state index is 13.5. The van der Waals surface area contributed by atoms with E-state index in [-0.39, 0.29) is 36.2 Å². The summed E-state index contributed by atoms with van der Waals surface area (Å²) in [6.45, 7) is 5.07. The molecule has 2 amide bonds. The zero-order valence-corrected chi connectivity index (χ0v) is 20.6. The van der Waals surface area contributed by atoms with Crippen molar-refractivity contribution in [3.63, 3.8) is 0 Å². The molecule has 7 nitrogen and oxygen atoms in total. The van der Waals surface area contributed by atoms with E-state index < -0.39 is 22.8 Å². The zero-order chi connectivity index (χ0) is 25.1. The SMILES string of the molecule is CC(=O)S[C@@](CC(C)C)(NC(=O)CCc1ccccc1)C(=O)N[C@@H](Cc1ccccc1)C(=O)O. The minimum absolute atomic E-state index is 0.0515. The van der Waals surface area contributed by atoms with Crippen molar-refractivity contribution >= 4 is 34.7 Å². The van der Waals surface area contributed by atoms with Gasteiger partial charge in [-0.2, -0.15) is 0 Å². The lowest BCUT2D eigenvalue weighted by molar-refractivity contribution is -0.142. The summed E-state index contributed by atoms with van der Waals surface area (Å²) in [4.78, 5) is 48.8. The largest absolute Gasteiger partial charge is 0.480 e. The summed E-state index contributed by atoms with van der Waals surface area (Å²) in [7, 11) is 0. The molecule has 0 saturated heterocycles. The number of rotatable bonds is 12. The Balaban J connectivity index is 2.25. The third-order valence-electron chi connectivity index (χ3n) is 5.09. The molecule has 0 fully saturated rings. The second-order valence-corrected chi connectivity index (χ2v) is 10.1. The van der Waals surface area contributed by atoms with Gasteiger partial charge in [-0.1, -0.05) is 86.3 Å². The number of aliphatic carboxylic acids is 1. The van der Waals surface area contributed by atoms with Crippen LogP contribution in [-0.4, -0.2) is 38.9 Å². The first-order valence-corrected chi connectivity index (χ1v) is 12.0. The van der Waals surface area contributed by atoms with Crippen LogP contribution < -0.4 is 10.6 Å². The molecule has 8 heteroatoms. The van der Waals surface area contributed by atoms with Gasteiger partial charge in [0.15, 0.2) is 9.99 Å². The third-order valence-corrected chi connectivity index (χ3v) is 6.18. The topological polar surface area (TPSA) is 113 Å². The summed E-state index contributed by atoms with van der Waals surface area (Å²) in [5.74, 6) is -2.33. The lowest BCUT2D eigenvalue weighted by Crippen LogP contribution is -2.60. The lowest BCUT2D eigenvalue weighted by Gasteiger charge is -2.34. The smallest absolute Gasteiger partial charge is 0.326 e. The summed E-state index contributed by atoms with van der Waals surface area (Å²) in [6.07, 6.45) is 0.842. The fourth-order valence-corrected chi connectivity index (χ4v) is 4.87. The highest BCUT2D eigenvalue weighted by atomic mass is 32.2. The van der Waals surface area contributed by atoms with Crippen LogP contribution in [0.1, 0.15) is 44.7 Å².